The zero-order valence-corrected chi connectivity index (χ0v) is 11.1. The molecule has 16 heavy (non-hydrogen) atoms. The van der Waals surface area contributed by atoms with Crippen LogP contribution in [-0.4, -0.2) is 42.0 Å². The number of carbonyl (C=O) groups excluding carboxylic acids is 1. The molecule has 0 aromatic heterocycles. The van der Waals surface area contributed by atoms with Gasteiger partial charge in [0.25, 0.3) is 0 Å². The van der Waals surface area contributed by atoms with Crippen LogP contribution in [0.1, 0.15) is 47.0 Å². The van der Waals surface area contributed by atoms with E-state index in [1.165, 1.54) is 0 Å². The number of hydrogen-bond donors (Lipinski definition) is 0. The van der Waals surface area contributed by atoms with Crippen LogP contribution in [0.4, 0.5) is 0 Å². The van der Waals surface area contributed by atoms with E-state index in [1.54, 1.807) is 6.92 Å². The minimum Gasteiger partial charge on any atom is -0.370 e. The van der Waals surface area contributed by atoms with E-state index < -0.39 is 0 Å². The molecule has 1 aliphatic rings. The minimum atomic E-state index is -0.0295. The first-order valence-corrected chi connectivity index (χ1v) is 6.29. The molecule has 94 valence electrons. The molecule has 0 spiro atoms. The highest BCUT2D eigenvalue weighted by Crippen LogP contribution is 2.20. The third kappa shape index (κ3) is 5.08. The van der Waals surface area contributed by atoms with E-state index in [9.17, 15) is 4.79 Å². The van der Waals surface area contributed by atoms with Gasteiger partial charge in [0, 0.05) is 19.5 Å². The minimum absolute atomic E-state index is 0.0295. The van der Waals surface area contributed by atoms with Gasteiger partial charge in [0.05, 0.1) is 11.7 Å². The third-order valence-corrected chi connectivity index (χ3v) is 2.89. The summed E-state index contributed by atoms with van der Waals surface area (Å²) in [6.45, 7) is 11.2. The van der Waals surface area contributed by atoms with Gasteiger partial charge in [0.15, 0.2) is 0 Å². The van der Waals surface area contributed by atoms with Gasteiger partial charge in [-0.05, 0) is 47.1 Å². The zero-order valence-electron chi connectivity index (χ0n) is 11.1. The van der Waals surface area contributed by atoms with Crippen LogP contribution in [0, 0.1) is 0 Å². The Morgan fingerprint density at radius 2 is 2.12 bits per heavy atom. The highest BCUT2D eigenvalue weighted by molar-refractivity contribution is 5.75. The zero-order chi connectivity index (χ0) is 12.2. The van der Waals surface area contributed by atoms with Crippen molar-refractivity contribution in [2.24, 2.45) is 0 Å². The second-order valence-electron chi connectivity index (χ2n) is 5.58. The Morgan fingerprint density at radius 1 is 1.44 bits per heavy atom. The Kier molecular flexibility index (Phi) is 4.93. The number of ketones is 1. The van der Waals surface area contributed by atoms with Gasteiger partial charge in [-0.2, -0.15) is 0 Å². The molecule has 1 heterocycles. The molecule has 0 aliphatic carbocycles. The molecular formula is C13H25NO2. The molecule has 0 N–H and O–H groups in total. The number of Topliss-reactive ketones (excluding diaryl/α,β-unsaturated/α-hetero) is 1. The molecule has 1 saturated heterocycles. The standard InChI is InChI=1S/C13H25NO2/c1-11(15)7-5-6-8-14-9-12(2)16-13(3,4)10-14/h12H,5-10H2,1-4H3. The Morgan fingerprint density at radius 3 is 2.69 bits per heavy atom. The van der Waals surface area contributed by atoms with Crippen LogP contribution in [-0.2, 0) is 9.53 Å². The van der Waals surface area contributed by atoms with Crippen molar-refractivity contribution in [2.75, 3.05) is 19.6 Å². The summed E-state index contributed by atoms with van der Waals surface area (Å²) in [4.78, 5) is 13.3. The van der Waals surface area contributed by atoms with Crippen LogP contribution >= 0.6 is 0 Å². The highest BCUT2D eigenvalue weighted by Gasteiger charge is 2.30. The maximum atomic E-state index is 10.8. The summed E-state index contributed by atoms with van der Waals surface area (Å²) in [6.07, 6.45) is 3.17. The van der Waals surface area contributed by atoms with E-state index in [0.29, 0.717) is 11.9 Å². The predicted octanol–water partition coefficient (Wildman–Crippen LogP) is 2.25. The number of carbonyl (C=O) groups is 1. The maximum absolute atomic E-state index is 10.8. The number of unbranched alkanes of at least 4 members (excludes halogenated alkanes) is 1. The Balaban J connectivity index is 2.23. The fourth-order valence-corrected chi connectivity index (χ4v) is 2.47. The van der Waals surface area contributed by atoms with Crippen LogP contribution in [0.25, 0.3) is 0 Å². The van der Waals surface area contributed by atoms with Crippen molar-refractivity contribution in [2.45, 2.75) is 58.7 Å². The van der Waals surface area contributed by atoms with Gasteiger partial charge in [0.2, 0.25) is 0 Å². The van der Waals surface area contributed by atoms with Gasteiger partial charge in [-0.25, -0.2) is 0 Å². The summed E-state index contributed by atoms with van der Waals surface area (Å²) in [5, 5.41) is 0. The van der Waals surface area contributed by atoms with Crippen molar-refractivity contribution in [3.05, 3.63) is 0 Å². The smallest absolute Gasteiger partial charge is 0.129 e. The largest absolute Gasteiger partial charge is 0.370 e. The summed E-state index contributed by atoms with van der Waals surface area (Å²) < 4.78 is 5.85. The lowest BCUT2D eigenvalue weighted by atomic mass is 10.0. The van der Waals surface area contributed by atoms with Crippen molar-refractivity contribution >= 4 is 5.78 Å². The van der Waals surface area contributed by atoms with Crippen molar-refractivity contribution in [3.63, 3.8) is 0 Å². The highest BCUT2D eigenvalue weighted by atomic mass is 16.5. The lowest BCUT2D eigenvalue weighted by molar-refractivity contribution is -0.129. The summed E-state index contributed by atoms with van der Waals surface area (Å²) in [5.41, 5.74) is -0.0295. The SMILES string of the molecule is CC(=O)CCCCN1CC(C)OC(C)(C)C1. The van der Waals surface area contributed by atoms with Gasteiger partial charge in [-0.15, -0.1) is 0 Å². The molecule has 1 aliphatic heterocycles. The number of morpholine rings is 1. The first-order valence-electron chi connectivity index (χ1n) is 6.29. The van der Waals surface area contributed by atoms with Gasteiger partial charge in [-0.1, -0.05) is 0 Å². The molecule has 3 heteroatoms. The number of ether oxygens (including phenoxy) is 1. The van der Waals surface area contributed by atoms with Gasteiger partial charge in [0.1, 0.15) is 5.78 Å². The van der Waals surface area contributed by atoms with Crippen molar-refractivity contribution in [1.29, 1.82) is 0 Å². The van der Waals surface area contributed by atoms with Crippen LogP contribution in [0.15, 0.2) is 0 Å². The molecule has 1 atom stereocenters. The van der Waals surface area contributed by atoms with Crippen LogP contribution in [0.3, 0.4) is 0 Å². The molecular weight excluding hydrogens is 202 g/mol. The molecule has 1 rings (SSSR count). The van der Waals surface area contributed by atoms with E-state index >= 15 is 0 Å². The number of nitrogens with zero attached hydrogens (tertiary/aromatic N) is 1. The maximum Gasteiger partial charge on any atom is 0.129 e. The lowest BCUT2D eigenvalue weighted by Crippen LogP contribution is -2.51. The normalized spacial score (nSPS) is 25.6. The molecule has 0 aromatic rings. The average molecular weight is 227 g/mol. The fourth-order valence-electron chi connectivity index (χ4n) is 2.47. The fraction of sp³-hybridized carbons (Fsp3) is 0.923. The first-order chi connectivity index (χ1) is 7.39. The molecule has 0 radical (unpaired) electrons. The molecule has 1 fully saturated rings. The van der Waals surface area contributed by atoms with E-state index in [-0.39, 0.29) is 5.60 Å². The third-order valence-electron chi connectivity index (χ3n) is 2.89. The van der Waals surface area contributed by atoms with E-state index in [1.807, 2.05) is 0 Å². The van der Waals surface area contributed by atoms with E-state index in [4.69, 9.17) is 4.74 Å². The summed E-state index contributed by atoms with van der Waals surface area (Å²) in [6, 6.07) is 0. The van der Waals surface area contributed by atoms with Gasteiger partial charge < -0.3 is 9.53 Å². The van der Waals surface area contributed by atoms with Gasteiger partial charge in [-0.3, -0.25) is 4.90 Å². The summed E-state index contributed by atoms with van der Waals surface area (Å²) in [5.74, 6) is 0.302. The monoisotopic (exact) mass is 227 g/mol. The Labute approximate surface area is 99.1 Å². The molecule has 0 aromatic carbocycles. The van der Waals surface area contributed by atoms with Crippen LogP contribution in [0.5, 0.6) is 0 Å². The average Bonchev–Trinajstić information content (AvgIpc) is 2.08. The molecule has 0 amide bonds. The summed E-state index contributed by atoms with van der Waals surface area (Å²) in [7, 11) is 0. The van der Waals surface area contributed by atoms with Crippen molar-refractivity contribution < 1.29 is 9.53 Å². The topological polar surface area (TPSA) is 29.5 Å². The second-order valence-corrected chi connectivity index (χ2v) is 5.58. The number of rotatable bonds is 5. The second kappa shape index (κ2) is 5.78. The summed E-state index contributed by atoms with van der Waals surface area (Å²) >= 11 is 0. The molecule has 1 unspecified atom stereocenters. The Bertz CT molecular complexity index is 238. The molecule has 3 nitrogen and oxygen atoms in total. The van der Waals surface area contributed by atoms with E-state index in [2.05, 4.69) is 25.7 Å². The first kappa shape index (κ1) is 13.7. The van der Waals surface area contributed by atoms with Gasteiger partial charge >= 0.3 is 0 Å². The van der Waals surface area contributed by atoms with Crippen LogP contribution < -0.4 is 0 Å². The quantitative estimate of drug-likeness (QED) is 0.675. The van der Waals surface area contributed by atoms with Crippen molar-refractivity contribution in [3.8, 4) is 0 Å². The predicted molar refractivity (Wildman–Crippen MR) is 65.6 cm³/mol. The van der Waals surface area contributed by atoms with Crippen molar-refractivity contribution in [1.82, 2.24) is 4.90 Å². The van der Waals surface area contributed by atoms with Crippen LogP contribution in [0.2, 0.25) is 0 Å². The molecule has 0 saturated carbocycles. The Hall–Kier alpha value is -0.410. The van der Waals surface area contributed by atoms with E-state index in [0.717, 1.165) is 38.9 Å². The lowest BCUT2D eigenvalue weighted by Gasteiger charge is -2.41. The number of hydrogen-bond acceptors (Lipinski definition) is 3. The molecule has 0 bridgehead atoms.